The molecule has 2 aliphatic heterocycles. The number of morpholine rings is 1. The van der Waals surface area contributed by atoms with E-state index in [0.29, 0.717) is 44.0 Å². The number of anilines is 1. The molecule has 1 saturated heterocycles. The molecule has 8 nitrogen and oxygen atoms in total. The fourth-order valence-corrected chi connectivity index (χ4v) is 6.13. The van der Waals surface area contributed by atoms with Gasteiger partial charge in [0.15, 0.2) is 0 Å². The van der Waals surface area contributed by atoms with Crippen molar-refractivity contribution in [2.45, 2.75) is 62.4 Å². The summed E-state index contributed by atoms with van der Waals surface area (Å²) in [5.41, 5.74) is 1.33. The van der Waals surface area contributed by atoms with Crippen LogP contribution in [0.3, 0.4) is 0 Å². The van der Waals surface area contributed by atoms with Gasteiger partial charge in [-0.25, -0.2) is 8.42 Å². The maximum absolute atomic E-state index is 13.0. The molecule has 9 heteroatoms. The molecule has 1 aromatic carbocycles. The molecule has 0 spiro atoms. The minimum absolute atomic E-state index is 0.154. The lowest BCUT2D eigenvalue weighted by molar-refractivity contribution is -0.126. The fourth-order valence-electron chi connectivity index (χ4n) is 4.67. The van der Waals surface area contributed by atoms with Gasteiger partial charge in [0.2, 0.25) is 21.8 Å². The summed E-state index contributed by atoms with van der Waals surface area (Å²) in [6.07, 6.45) is 5.66. The number of carbonyl (C=O) groups excluding carboxylic acids is 2. The van der Waals surface area contributed by atoms with E-state index in [9.17, 15) is 18.0 Å². The summed E-state index contributed by atoms with van der Waals surface area (Å²) in [5, 5.41) is 3.10. The summed E-state index contributed by atoms with van der Waals surface area (Å²) in [4.78, 5) is 27.0. The van der Waals surface area contributed by atoms with Gasteiger partial charge in [-0.05, 0) is 36.6 Å². The first-order valence-electron chi connectivity index (χ1n) is 10.7. The normalized spacial score (nSPS) is 23.2. The minimum atomic E-state index is -3.63. The molecule has 30 heavy (non-hydrogen) atoms. The zero-order chi connectivity index (χ0) is 21.3. The molecule has 164 valence electrons. The van der Waals surface area contributed by atoms with Crippen LogP contribution in [0.15, 0.2) is 23.1 Å². The van der Waals surface area contributed by atoms with E-state index in [2.05, 4.69) is 5.32 Å². The summed E-state index contributed by atoms with van der Waals surface area (Å²) in [6, 6.07) is 4.31. The van der Waals surface area contributed by atoms with Crippen molar-refractivity contribution in [1.82, 2.24) is 9.62 Å². The Morgan fingerprint density at radius 1 is 1.10 bits per heavy atom. The average Bonchev–Trinajstić information content (AvgIpc) is 3.14. The highest BCUT2D eigenvalue weighted by Gasteiger charge is 2.39. The number of amides is 2. The maximum Gasteiger partial charge on any atom is 0.243 e. The SMILES string of the molecule is CC(=O)N1c2ccc(S(=O)(=O)N3CCOCC3)cc2C[C@@H]1C(=O)NC1CCCCC1. The van der Waals surface area contributed by atoms with Gasteiger partial charge in [0.1, 0.15) is 6.04 Å². The molecule has 0 unspecified atom stereocenters. The van der Waals surface area contributed by atoms with Crippen molar-refractivity contribution >= 4 is 27.5 Å². The van der Waals surface area contributed by atoms with E-state index in [1.54, 1.807) is 12.1 Å². The van der Waals surface area contributed by atoms with Crippen molar-refractivity contribution in [2.24, 2.45) is 0 Å². The van der Waals surface area contributed by atoms with Crippen molar-refractivity contribution in [3.8, 4) is 0 Å². The first-order valence-corrected chi connectivity index (χ1v) is 12.1. The number of rotatable bonds is 4. The zero-order valence-corrected chi connectivity index (χ0v) is 18.1. The number of ether oxygens (including phenoxy) is 1. The van der Waals surface area contributed by atoms with E-state index < -0.39 is 16.1 Å². The number of hydrogen-bond donors (Lipinski definition) is 1. The Kier molecular flexibility index (Phi) is 6.13. The quantitative estimate of drug-likeness (QED) is 0.772. The zero-order valence-electron chi connectivity index (χ0n) is 17.3. The third kappa shape index (κ3) is 4.10. The minimum Gasteiger partial charge on any atom is -0.379 e. The third-order valence-corrected chi connectivity index (χ3v) is 8.13. The van der Waals surface area contributed by atoms with Crippen molar-refractivity contribution < 1.29 is 22.7 Å². The van der Waals surface area contributed by atoms with Crippen LogP contribution in [0.4, 0.5) is 5.69 Å². The van der Waals surface area contributed by atoms with Crippen molar-refractivity contribution in [1.29, 1.82) is 0 Å². The highest BCUT2D eigenvalue weighted by atomic mass is 32.2. The molecule has 0 bridgehead atoms. The Labute approximate surface area is 177 Å². The predicted octanol–water partition coefficient (Wildman–Crippen LogP) is 1.43. The summed E-state index contributed by atoms with van der Waals surface area (Å²) in [6.45, 7) is 2.85. The van der Waals surface area contributed by atoms with E-state index >= 15 is 0 Å². The lowest BCUT2D eigenvalue weighted by atomic mass is 9.95. The second-order valence-corrected chi connectivity index (χ2v) is 10.2. The molecule has 1 saturated carbocycles. The molecule has 2 fully saturated rings. The second-order valence-electron chi connectivity index (χ2n) is 8.26. The number of nitrogens with one attached hydrogen (secondary N) is 1. The summed E-state index contributed by atoms with van der Waals surface area (Å²) in [5.74, 6) is -0.382. The monoisotopic (exact) mass is 435 g/mol. The molecule has 0 aromatic heterocycles. The molecule has 2 heterocycles. The topological polar surface area (TPSA) is 96.0 Å². The number of carbonyl (C=O) groups is 2. The molecular formula is C21H29N3O5S. The van der Waals surface area contributed by atoms with E-state index in [1.165, 1.54) is 28.6 Å². The highest BCUT2D eigenvalue weighted by Crippen LogP contribution is 2.35. The van der Waals surface area contributed by atoms with Crippen LogP contribution in [0.2, 0.25) is 0 Å². The van der Waals surface area contributed by atoms with Gasteiger partial charge < -0.3 is 10.1 Å². The Hall–Kier alpha value is -1.97. The van der Waals surface area contributed by atoms with Crippen LogP contribution in [-0.4, -0.2) is 62.9 Å². The van der Waals surface area contributed by atoms with E-state index in [0.717, 1.165) is 25.7 Å². The van der Waals surface area contributed by atoms with Gasteiger partial charge >= 0.3 is 0 Å². The molecular weight excluding hydrogens is 406 g/mol. The second kappa shape index (κ2) is 8.64. The van der Waals surface area contributed by atoms with Crippen LogP contribution in [0.25, 0.3) is 0 Å². The van der Waals surface area contributed by atoms with Crippen molar-refractivity contribution in [3.63, 3.8) is 0 Å². The van der Waals surface area contributed by atoms with Crippen LogP contribution in [-0.2, 0) is 30.8 Å². The van der Waals surface area contributed by atoms with Crippen LogP contribution in [0, 0.1) is 0 Å². The number of sulfonamides is 1. The van der Waals surface area contributed by atoms with Crippen molar-refractivity contribution in [3.05, 3.63) is 23.8 Å². The number of nitrogens with zero attached hydrogens (tertiary/aromatic N) is 2. The summed E-state index contributed by atoms with van der Waals surface area (Å²) < 4.78 is 32.7. The standard InChI is InChI=1S/C21H29N3O5S/c1-15(25)24-19-8-7-18(30(27,28)23-9-11-29-12-10-23)13-16(19)14-20(24)21(26)22-17-5-3-2-4-6-17/h7-8,13,17,20H,2-6,9-12,14H2,1H3,(H,22,26)/t20-/m1/s1. The van der Waals surface area contributed by atoms with Crippen LogP contribution in [0.5, 0.6) is 0 Å². The van der Waals surface area contributed by atoms with Gasteiger partial charge in [-0.15, -0.1) is 0 Å². The highest BCUT2D eigenvalue weighted by molar-refractivity contribution is 7.89. The van der Waals surface area contributed by atoms with E-state index in [4.69, 9.17) is 4.74 Å². The number of benzene rings is 1. The average molecular weight is 436 g/mol. The van der Waals surface area contributed by atoms with E-state index in [-0.39, 0.29) is 22.8 Å². The Morgan fingerprint density at radius 2 is 1.80 bits per heavy atom. The molecule has 1 N–H and O–H groups in total. The largest absolute Gasteiger partial charge is 0.379 e. The van der Waals surface area contributed by atoms with Crippen LogP contribution in [0.1, 0.15) is 44.6 Å². The van der Waals surface area contributed by atoms with Crippen LogP contribution >= 0.6 is 0 Å². The Balaban J connectivity index is 1.57. The lowest BCUT2D eigenvalue weighted by Gasteiger charge is -2.28. The first-order chi connectivity index (χ1) is 14.4. The molecule has 1 atom stereocenters. The molecule has 1 aromatic rings. The van der Waals surface area contributed by atoms with E-state index in [1.807, 2.05) is 0 Å². The van der Waals surface area contributed by atoms with Gasteiger partial charge in [-0.2, -0.15) is 4.31 Å². The van der Waals surface area contributed by atoms with Gasteiger partial charge in [-0.1, -0.05) is 19.3 Å². The number of fused-ring (bicyclic) bond motifs is 1. The number of hydrogen-bond acceptors (Lipinski definition) is 5. The molecule has 4 rings (SSSR count). The Morgan fingerprint density at radius 3 is 2.47 bits per heavy atom. The van der Waals surface area contributed by atoms with Gasteiger partial charge in [-0.3, -0.25) is 14.5 Å². The van der Waals surface area contributed by atoms with Gasteiger partial charge in [0.05, 0.1) is 18.1 Å². The molecule has 2 amide bonds. The lowest BCUT2D eigenvalue weighted by Crippen LogP contribution is -2.50. The third-order valence-electron chi connectivity index (χ3n) is 6.24. The van der Waals surface area contributed by atoms with Gasteiger partial charge in [0.25, 0.3) is 0 Å². The summed E-state index contributed by atoms with van der Waals surface area (Å²) >= 11 is 0. The van der Waals surface area contributed by atoms with Gasteiger partial charge in [0, 0.05) is 38.2 Å². The predicted molar refractivity (Wildman–Crippen MR) is 112 cm³/mol. The first kappa shape index (κ1) is 21.3. The molecule has 1 aliphatic carbocycles. The Bertz CT molecular complexity index is 921. The fraction of sp³-hybridized carbons (Fsp3) is 0.619. The smallest absolute Gasteiger partial charge is 0.243 e. The van der Waals surface area contributed by atoms with Crippen molar-refractivity contribution in [2.75, 3.05) is 31.2 Å². The molecule has 3 aliphatic rings. The maximum atomic E-state index is 13.0. The molecule has 0 radical (unpaired) electrons. The summed E-state index contributed by atoms with van der Waals surface area (Å²) in [7, 11) is -3.63. The van der Waals surface area contributed by atoms with Crippen LogP contribution < -0.4 is 10.2 Å².